The fraction of sp³-hybridized carbons (Fsp3) is 0.0909. The van der Waals surface area contributed by atoms with Crippen molar-refractivity contribution in [1.29, 1.82) is 0 Å². The molecule has 0 unspecified atom stereocenters. The number of thiazole rings is 1. The minimum Gasteiger partial charge on any atom is -0.422 e. The summed E-state index contributed by atoms with van der Waals surface area (Å²) in [5, 5.41) is -0.340. The third-order valence-electron chi connectivity index (χ3n) is 2.05. The molecule has 0 aliphatic rings. The summed E-state index contributed by atoms with van der Waals surface area (Å²) in [7, 11) is 0. The van der Waals surface area contributed by atoms with Crippen LogP contribution < -0.4 is 10.5 Å². The average molecular weight is 288 g/mol. The van der Waals surface area contributed by atoms with E-state index < -0.39 is 22.7 Å². The molecule has 19 heavy (non-hydrogen) atoms. The lowest BCUT2D eigenvalue weighted by Gasteiger charge is -2.06. The van der Waals surface area contributed by atoms with Crippen molar-refractivity contribution < 1.29 is 22.7 Å². The van der Waals surface area contributed by atoms with Gasteiger partial charge in [-0.1, -0.05) is 29.5 Å². The number of rotatable bonds is 2. The molecule has 100 valence electrons. The molecule has 0 spiro atoms. The number of hydrogen-bond acceptors (Lipinski definition) is 5. The number of nitrogens with two attached hydrogens (primary N) is 1. The molecule has 0 aliphatic carbocycles. The lowest BCUT2D eigenvalue weighted by Crippen LogP contribution is -2.15. The number of carbonyl (C=O) groups is 1. The third-order valence-corrected chi connectivity index (χ3v) is 2.92. The molecule has 0 bridgehead atoms. The maximum absolute atomic E-state index is 12.6. The van der Waals surface area contributed by atoms with Crippen molar-refractivity contribution >= 4 is 22.4 Å². The molecule has 0 saturated carbocycles. The van der Waals surface area contributed by atoms with E-state index in [9.17, 15) is 18.0 Å². The van der Waals surface area contributed by atoms with Crippen molar-refractivity contribution in [3.63, 3.8) is 0 Å². The number of carbonyl (C=O) groups excluding carboxylic acids is 1. The van der Waals surface area contributed by atoms with Gasteiger partial charge in [-0.2, -0.15) is 13.2 Å². The summed E-state index contributed by atoms with van der Waals surface area (Å²) in [4.78, 5) is 14.1. The Labute approximate surface area is 109 Å². The first kappa shape index (κ1) is 13.3. The second-order valence-electron chi connectivity index (χ2n) is 3.43. The van der Waals surface area contributed by atoms with Gasteiger partial charge >= 0.3 is 12.1 Å². The predicted molar refractivity (Wildman–Crippen MR) is 62.9 cm³/mol. The predicted octanol–water partition coefficient (Wildman–Crippen LogP) is 2.96. The van der Waals surface area contributed by atoms with Gasteiger partial charge in [0.15, 0.2) is 10.8 Å². The Bertz CT molecular complexity index is 596. The molecule has 0 amide bonds. The van der Waals surface area contributed by atoms with Crippen LogP contribution >= 0.6 is 11.3 Å². The van der Waals surface area contributed by atoms with Crippen molar-refractivity contribution in [2.45, 2.75) is 6.18 Å². The van der Waals surface area contributed by atoms with Gasteiger partial charge < -0.3 is 10.5 Å². The van der Waals surface area contributed by atoms with Gasteiger partial charge in [0.25, 0.3) is 0 Å². The van der Waals surface area contributed by atoms with Gasteiger partial charge in [0, 0.05) is 0 Å². The van der Waals surface area contributed by atoms with E-state index >= 15 is 0 Å². The minimum absolute atomic E-state index is 0.146. The molecular weight excluding hydrogens is 281 g/mol. The summed E-state index contributed by atoms with van der Waals surface area (Å²) in [6, 6.07) is 7.77. The first-order valence-corrected chi connectivity index (χ1v) is 5.80. The van der Waals surface area contributed by atoms with Gasteiger partial charge in [-0.15, -0.1) is 0 Å². The van der Waals surface area contributed by atoms with Crippen LogP contribution in [0.1, 0.15) is 15.4 Å². The van der Waals surface area contributed by atoms with Gasteiger partial charge in [0.2, 0.25) is 0 Å². The highest BCUT2D eigenvalue weighted by atomic mass is 32.1. The van der Waals surface area contributed by atoms with Gasteiger partial charge in [-0.3, -0.25) is 0 Å². The van der Waals surface area contributed by atoms with Gasteiger partial charge in [-0.25, -0.2) is 9.78 Å². The van der Waals surface area contributed by atoms with E-state index in [-0.39, 0.29) is 10.9 Å². The molecule has 0 atom stereocenters. The van der Waals surface area contributed by atoms with E-state index in [1.54, 1.807) is 18.2 Å². The summed E-state index contributed by atoms with van der Waals surface area (Å²) in [6.45, 7) is 0. The quantitative estimate of drug-likeness (QED) is 0.681. The van der Waals surface area contributed by atoms with Crippen molar-refractivity contribution in [3.05, 3.63) is 40.9 Å². The lowest BCUT2D eigenvalue weighted by atomic mass is 10.3. The summed E-state index contributed by atoms with van der Waals surface area (Å²) >= 11 is 0.441. The van der Waals surface area contributed by atoms with E-state index in [2.05, 4.69) is 4.98 Å². The molecule has 1 aromatic carbocycles. The number of benzene rings is 1. The standard InChI is InChI=1S/C11H7F3N2O2S/c12-11(13,14)8-7(19-10(15)16-8)9(17)18-6-4-2-1-3-5-6/h1-5H,(H2,15,16). The van der Waals surface area contributed by atoms with E-state index in [1.165, 1.54) is 12.1 Å². The Morgan fingerprint density at radius 1 is 1.26 bits per heavy atom. The van der Waals surface area contributed by atoms with Gasteiger partial charge in [0.1, 0.15) is 10.6 Å². The molecule has 0 saturated heterocycles. The maximum atomic E-state index is 12.6. The van der Waals surface area contributed by atoms with Gasteiger partial charge in [-0.05, 0) is 12.1 Å². The fourth-order valence-corrected chi connectivity index (χ4v) is 2.04. The van der Waals surface area contributed by atoms with Crippen LogP contribution in [0.3, 0.4) is 0 Å². The molecular formula is C11H7F3N2O2S. The number of esters is 1. The Morgan fingerprint density at radius 3 is 2.47 bits per heavy atom. The zero-order chi connectivity index (χ0) is 14.0. The first-order valence-electron chi connectivity index (χ1n) is 4.98. The van der Waals surface area contributed by atoms with Crippen LogP contribution in [-0.4, -0.2) is 11.0 Å². The lowest BCUT2D eigenvalue weighted by molar-refractivity contribution is -0.141. The second kappa shape index (κ2) is 4.88. The molecule has 1 heterocycles. The van der Waals surface area contributed by atoms with Gasteiger partial charge in [0.05, 0.1) is 0 Å². The number of alkyl halides is 3. The fourth-order valence-electron chi connectivity index (χ4n) is 1.31. The Morgan fingerprint density at radius 2 is 1.89 bits per heavy atom. The van der Waals surface area contributed by atoms with E-state index in [1.807, 2.05) is 0 Å². The Kier molecular flexibility index (Phi) is 3.43. The molecule has 2 N–H and O–H groups in total. The largest absolute Gasteiger partial charge is 0.435 e. The molecule has 8 heteroatoms. The SMILES string of the molecule is Nc1nc(C(F)(F)F)c(C(=O)Oc2ccccc2)s1. The summed E-state index contributed by atoms with van der Waals surface area (Å²) in [6.07, 6.45) is -4.75. The number of halogens is 3. The topological polar surface area (TPSA) is 65.2 Å². The molecule has 2 rings (SSSR count). The summed E-state index contributed by atoms with van der Waals surface area (Å²) in [5.41, 5.74) is 3.88. The zero-order valence-electron chi connectivity index (χ0n) is 9.27. The number of aromatic nitrogens is 1. The summed E-state index contributed by atoms with van der Waals surface area (Å²) < 4.78 is 42.8. The average Bonchev–Trinajstić information content (AvgIpc) is 2.72. The highest BCUT2D eigenvalue weighted by Gasteiger charge is 2.40. The number of ether oxygens (including phenoxy) is 1. The number of para-hydroxylation sites is 1. The van der Waals surface area contributed by atoms with Crippen LogP contribution in [0.15, 0.2) is 30.3 Å². The smallest absolute Gasteiger partial charge is 0.422 e. The van der Waals surface area contributed by atoms with Crippen LogP contribution in [0.2, 0.25) is 0 Å². The van der Waals surface area contributed by atoms with Crippen molar-refractivity contribution in [2.24, 2.45) is 0 Å². The van der Waals surface area contributed by atoms with E-state index in [0.717, 1.165) is 0 Å². The van der Waals surface area contributed by atoms with Crippen LogP contribution in [0.25, 0.3) is 0 Å². The highest BCUT2D eigenvalue weighted by molar-refractivity contribution is 7.17. The first-order chi connectivity index (χ1) is 8.88. The van der Waals surface area contributed by atoms with Crippen LogP contribution in [0.5, 0.6) is 5.75 Å². The molecule has 0 fully saturated rings. The number of nitrogens with zero attached hydrogens (tertiary/aromatic N) is 1. The van der Waals surface area contributed by atoms with Crippen molar-refractivity contribution in [1.82, 2.24) is 4.98 Å². The molecule has 0 radical (unpaired) electrons. The van der Waals surface area contributed by atoms with Crippen LogP contribution in [0, 0.1) is 0 Å². The van der Waals surface area contributed by atoms with Crippen LogP contribution in [0.4, 0.5) is 18.3 Å². The number of anilines is 1. The number of hydrogen-bond donors (Lipinski definition) is 1. The van der Waals surface area contributed by atoms with Crippen molar-refractivity contribution in [2.75, 3.05) is 5.73 Å². The van der Waals surface area contributed by atoms with E-state index in [0.29, 0.717) is 11.3 Å². The Balaban J connectivity index is 2.30. The van der Waals surface area contributed by atoms with E-state index in [4.69, 9.17) is 10.5 Å². The molecule has 4 nitrogen and oxygen atoms in total. The molecule has 2 aromatic rings. The monoisotopic (exact) mass is 288 g/mol. The maximum Gasteiger partial charge on any atom is 0.435 e. The molecule has 1 aromatic heterocycles. The zero-order valence-corrected chi connectivity index (χ0v) is 10.1. The third kappa shape index (κ3) is 3.02. The van der Waals surface area contributed by atoms with Crippen LogP contribution in [-0.2, 0) is 6.18 Å². The Hall–Kier alpha value is -2.09. The highest BCUT2D eigenvalue weighted by Crippen LogP contribution is 2.35. The molecule has 0 aliphatic heterocycles. The normalized spacial score (nSPS) is 11.3. The number of nitrogen functional groups attached to an aromatic ring is 1. The minimum atomic E-state index is -4.75. The summed E-state index contributed by atoms with van der Waals surface area (Å²) in [5.74, 6) is -0.986. The second-order valence-corrected chi connectivity index (χ2v) is 4.46. The van der Waals surface area contributed by atoms with Crippen molar-refractivity contribution in [3.8, 4) is 5.75 Å².